The molecule has 3 N–H and O–H groups in total. The van der Waals surface area contributed by atoms with Crippen LogP contribution in [0.4, 0.5) is 5.69 Å². The Balaban J connectivity index is 1.57. The van der Waals surface area contributed by atoms with Gasteiger partial charge in [0.2, 0.25) is 0 Å². The van der Waals surface area contributed by atoms with Crippen molar-refractivity contribution in [2.75, 3.05) is 18.5 Å². The number of hydrazone groups is 1. The van der Waals surface area contributed by atoms with E-state index in [-0.39, 0.29) is 19.1 Å². The third-order valence-electron chi connectivity index (χ3n) is 4.91. The number of ether oxygens (including phenoxy) is 2. The average molecular weight is 618 g/mol. The minimum Gasteiger partial charge on any atom is -0.490 e. The number of hydrogen-bond donors (Lipinski definition) is 3. The zero-order valence-corrected chi connectivity index (χ0v) is 22.5. The molecule has 3 amide bonds. The van der Waals surface area contributed by atoms with E-state index in [4.69, 9.17) is 13.9 Å². The first-order valence-electron chi connectivity index (χ1n) is 11.5. The van der Waals surface area contributed by atoms with E-state index in [1.165, 1.54) is 18.0 Å². The molecule has 0 aliphatic rings. The Labute approximate surface area is 227 Å². The minimum atomic E-state index is -0.919. The SMILES string of the molecule is CCOc1cc(/C=N\NC(=O)C(=O)NCc2ccco2)cc(I)c1OCC(=O)Nc1ccc(CC)cc1. The van der Waals surface area contributed by atoms with Gasteiger partial charge in [-0.2, -0.15) is 5.10 Å². The number of nitrogens with zero attached hydrogens (tertiary/aromatic N) is 1. The molecule has 3 rings (SSSR count). The average Bonchev–Trinajstić information content (AvgIpc) is 3.41. The number of furan rings is 1. The Morgan fingerprint density at radius 3 is 2.51 bits per heavy atom. The van der Waals surface area contributed by atoms with E-state index in [1.807, 2.05) is 31.2 Å². The van der Waals surface area contributed by atoms with Gasteiger partial charge in [-0.1, -0.05) is 19.1 Å². The first kappa shape index (κ1) is 27.7. The van der Waals surface area contributed by atoms with Crippen molar-refractivity contribution in [2.24, 2.45) is 5.10 Å². The maximum atomic E-state index is 12.4. The first-order chi connectivity index (χ1) is 17.9. The number of carbonyl (C=O) groups is 3. The van der Waals surface area contributed by atoms with Crippen molar-refractivity contribution in [3.63, 3.8) is 0 Å². The van der Waals surface area contributed by atoms with Crippen LogP contribution in [-0.4, -0.2) is 37.1 Å². The smallest absolute Gasteiger partial charge is 0.329 e. The summed E-state index contributed by atoms with van der Waals surface area (Å²) < 4.78 is 17.2. The van der Waals surface area contributed by atoms with Crippen LogP contribution in [0.3, 0.4) is 0 Å². The summed E-state index contributed by atoms with van der Waals surface area (Å²) in [6, 6.07) is 14.4. The van der Waals surface area contributed by atoms with Crippen LogP contribution in [0.2, 0.25) is 0 Å². The van der Waals surface area contributed by atoms with Gasteiger partial charge >= 0.3 is 11.8 Å². The number of benzene rings is 2. The number of anilines is 1. The molecular weight excluding hydrogens is 591 g/mol. The number of carbonyl (C=O) groups excluding carboxylic acids is 3. The molecule has 0 bridgehead atoms. The molecule has 0 atom stereocenters. The van der Waals surface area contributed by atoms with Gasteiger partial charge in [-0.15, -0.1) is 0 Å². The lowest BCUT2D eigenvalue weighted by Crippen LogP contribution is -2.37. The number of hydrogen-bond acceptors (Lipinski definition) is 7. The monoisotopic (exact) mass is 618 g/mol. The van der Waals surface area contributed by atoms with Crippen LogP contribution in [0.25, 0.3) is 0 Å². The highest BCUT2D eigenvalue weighted by Crippen LogP contribution is 2.34. The van der Waals surface area contributed by atoms with Crippen LogP contribution in [0, 0.1) is 3.57 Å². The molecule has 3 aromatic rings. The summed E-state index contributed by atoms with van der Waals surface area (Å²) in [4.78, 5) is 36.2. The summed E-state index contributed by atoms with van der Waals surface area (Å²) in [7, 11) is 0. The molecule has 0 radical (unpaired) electrons. The number of aryl methyl sites for hydroxylation is 1. The molecule has 0 spiro atoms. The van der Waals surface area contributed by atoms with Crippen molar-refractivity contribution >= 4 is 52.2 Å². The molecule has 2 aromatic carbocycles. The summed E-state index contributed by atoms with van der Waals surface area (Å²) in [5.41, 5.74) is 4.64. The maximum Gasteiger partial charge on any atom is 0.329 e. The van der Waals surface area contributed by atoms with Crippen molar-refractivity contribution in [3.05, 3.63) is 75.3 Å². The predicted octanol–water partition coefficient (Wildman–Crippen LogP) is 3.63. The van der Waals surface area contributed by atoms with Gasteiger partial charge in [0.15, 0.2) is 18.1 Å². The van der Waals surface area contributed by atoms with Crippen LogP contribution >= 0.6 is 22.6 Å². The lowest BCUT2D eigenvalue weighted by molar-refractivity contribution is -0.139. The minimum absolute atomic E-state index is 0.0868. The Morgan fingerprint density at radius 2 is 1.84 bits per heavy atom. The molecular formula is C26H27IN4O6. The van der Waals surface area contributed by atoms with Crippen LogP contribution in [0.5, 0.6) is 11.5 Å². The highest BCUT2D eigenvalue weighted by atomic mass is 127. The molecule has 0 fully saturated rings. The molecule has 11 heteroatoms. The predicted molar refractivity (Wildman–Crippen MR) is 147 cm³/mol. The van der Waals surface area contributed by atoms with Crippen LogP contribution in [0.15, 0.2) is 64.3 Å². The third-order valence-corrected chi connectivity index (χ3v) is 5.72. The second-order valence-electron chi connectivity index (χ2n) is 7.61. The van der Waals surface area contributed by atoms with Crippen LogP contribution < -0.4 is 25.5 Å². The Kier molecular flexibility index (Phi) is 10.5. The fourth-order valence-corrected chi connectivity index (χ4v) is 3.88. The molecule has 194 valence electrons. The summed E-state index contributed by atoms with van der Waals surface area (Å²) >= 11 is 2.06. The zero-order valence-electron chi connectivity index (χ0n) is 20.4. The molecule has 1 heterocycles. The van der Waals surface area contributed by atoms with Gasteiger partial charge in [0.1, 0.15) is 5.76 Å². The standard InChI is InChI=1S/C26H27IN4O6/c1-3-17-7-9-19(10-8-17)30-23(32)16-37-24-21(27)12-18(13-22(24)35-4-2)14-29-31-26(34)25(33)28-15-20-6-5-11-36-20/h5-14H,3-4,15-16H2,1-2H3,(H,28,33)(H,30,32)(H,31,34)/b29-14-. The van der Waals surface area contributed by atoms with Gasteiger partial charge in [-0.3, -0.25) is 14.4 Å². The van der Waals surface area contributed by atoms with E-state index in [1.54, 1.807) is 24.3 Å². The van der Waals surface area contributed by atoms with Crippen LogP contribution in [0.1, 0.15) is 30.7 Å². The Morgan fingerprint density at radius 1 is 1.05 bits per heavy atom. The molecule has 10 nitrogen and oxygen atoms in total. The second kappa shape index (κ2) is 14.0. The van der Waals surface area contributed by atoms with E-state index in [0.717, 1.165) is 6.42 Å². The number of nitrogens with one attached hydrogen (secondary N) is 3. The first-order valence-corrected chi connectivity index (χ1v) is 12.6. The quantitative estimate of drug-likeness (QED) is 0.130. The number of rotatable bonds is 11. The van der Waals surface area contributed by atoms with Gasteiger partial charge in [0, 0.05) is 5.69 Å². The van der Waals surface area contributed by atoms with Crippen molar-refractivity contribution in [3.8, 4) is 11.5 Å². The molecule has 1 aromatic heterocycles. The Bertz CT molecular complexity index is 1240. The molecule has 37 heavy (non-hydrogen) atoms. The summed E-state index contributed by atoms with van der Waals surface area (Å²) in [6.07, 6.45) is 3.77. The van der Waals surface area contributed by atoms with Crippen molar-refractivity contribution in [2.45, 2.75) is 26.8 Å². The summed E-state index contributed by atoms with van der Waals surface area (Å²) in [5.74, 6) is -0.718. The fourth-order valence-electron chi connectivity index (χ4n) is 3.10. The highest BCUT2D eigenvalue weighted by molar-refractivity contribution is 14.1. The molecule has 0 saturated carbocycles. The zero-order chi connectivity index (χ0) is 26.6. The van der Waals surface area contributed by atoms with E-state index < -0.39 is 11.8 Å². The lowest BCUT2D eigenvalue weighted by atomic mass is 10.1. The molecule has 0 aliphatic carbocycles. The lowest BCUT2D eigenvalue weighted by Gasteiger charge is -2.14. The van der Waals surface area contributed by atoms with Gasteiger partial charge in [-0.25, -0.2) is 5.43 Å². The summed E-state index contributed by atoms with van der Waals surface area (Å²) in [5, 5.41) is 9.07. The van der Waals surface area contributed by atoms with Crippen LogP contribution in [-0.2, 0) is 27.3 Å². The second-order valence-corrected chi connectivity index (χ2v) is 8.77. The maximum absolute atomic E-state index is 12.4. The van der Waals surface area contributed by atoms with Gasteiger partial charge in [0.25, 0.3) is 5.91 Å². The normalized spacial score (nSPS) is 10.7. The summed E-state index contributed by atoms with van der Waals surface area (Å²) in [6.45, 7) is 4.14. The van der Waals surface area contributed by atoms with Gasteiger partial charge < -0.3 is 24.5 Å². The Hall–Kier alpha value is -3.87. The van der Waals surface area contributed by atoms with Gasteiger partial charge in [-0.05, 0) is 83.5 Å². The largest absolute Gasteiger partial charge is 0.490 e. The van der Waals surface area contributed by atoms with E-state index >= 15 is 0 Å². The van der Waals surface area contributed by atoms with E-state index in [0.29, 0.717) is 38.7 Å². The fraction of sp³-hybridized carbons (Fsp3) is 0.231. The number of amides is 3. The van der Waals surface area contributed by atoms with Crippen molar-refractivity contribution in [1.82, 2.24) is 10.7 Å². The molecule has 0 saturated heterocycles. The highest BCUT2D eigenvalue weighted by Gasteiger charge is 2.15. The van der Waals surface area contributed by atoms with Gasteiger partial charge in [0.05, 0.1) is 29.2 Å². The molecule has 0 aliphatic heterocycles. The molecule has 0 unspecified atom stereocenters. The number of halogens is 1. The third kappa shape index (κ3) is 8.63. The van der Waals surface area contributed by atoms with E-state index in [2.05, 4.69) is 50.7 Å². The van der Waals surface area contributed by atoms with Crippen molar-refractivity contribution in [1.29, 1.82) is 0 Å². The van der Waals surface area contributed by atoms with Crippen molar-refractivity contribution < 1.29 is 28.3 Å². The van der Waals surface area contributed by atoms with E-state index in [9.17, 15) is 14.4 Å². The topological polar surface area (TPSA) is 131 Å².